The summed E-state index contributed by atoms with van der Waals surface area (Å²) in [5.74, 6) is 0. The molecule has 4 rings (SSSR count). The molecule has 1 N–H and O–H groups in total. The maximum Gasteiger partial charge on any atom is 0.0933 e. The molecule has 3 nitrogen and oxygen atoms in total. The van der Waals surface area contributed by atoms with Gasteiger partial charge in [-0.3, -0.25) is 4.90 Å². The Labute approximate surface area is 149 Å². The molecule has 25 heavy (non-hydrogen) atoms. The lowest BCUT2D eigenvalue weighted by Gasteiger charge is -2.52. The lowest BCUT2D eigenvalue weighted by Crippen LogP contribution is -2.60. The van der Waals surface area contributed by atoms with Gasteiger partial charge in [0, 0.05) is 18.6 Å². The van der Waals surface area contributed by atoms with Gasteiger partial charge in [0.25, 0.3) is 0 Å². The van der Waals surface area contributed by atoms with E-state index in [2.05, 4.69) is 41.8 Å². The first-order valence-electron chi connectivity index (χ1n) is 9.01. The van der Waals surface area contributed by atoms with Crippen LogP contribution < -0.4 is 0 Å². The van der Waals surface area contributed by atoms with Gasteiger partial charge in [-0.05, 0) is 29.5 Å². The monoisotopic (exact) mass is 335 g/mol. The first-order valence-corrected chi connectivity index (χ1v) is 9.01. The Balaban J connectivity index is 1.61. The fourth-order valence-corrected chi connectivity index (χ4v) is 4.42. The smallest absolute Gasteiger partial charge is 0.0933 e. The standard InChI is InChI=1S/C22H25NO2/c1-2-18-10-6-7-11-21(18)22(24)12-19-15-25-16-20(13-22)23(19)14-17-8-4-3-5-9-17/h2-11,19-20,24H,1,12-16H2. The molecule has 2 aromatic rings. The highest BCUT2D eigenvalue weighted by atomic mass is 16.5. The van der Waals surface area contributed by atoms with Crippen molar-refractivity contribution in [2.75, 3.05) is 13.2 Å². The van der Waals surface area contributed by atoms with Crippen molar-refractivity contribution in [3.63, 3.8) is 0 Å². The van der Waals surface area contributed by atoms with E-state index >= 15 is 0 Å². The van der Waals surface area contributed by atoms with Crippen LogP contribution in [-0.2, 0) is 16.9 Å². The predicted octanol–water partition coefficient (Wildman–Crippen LogP) is 3.58. The van der Waals surface area contributed by atoms with Gasteiger partial charge in [0.15, 0.2) is 0 Å². The number of hydrogen-bond acceptors (Lipinski definition) is 3. The highest BCUT2D eigenvalue weighted by molar-refractivity contribution is 5.54. The minimum atomic E-state index is -0.808. The van der Waals surface area contributed by atoms with Gasteiger partial charge in [0.2, 0.25) is 0 Å². The van der Waals surface area contributed by atoms with Crippen molar-refractivity contribution >= 4 is 6.08 Å². The van der Waals surface area contributed by atoms with Crippen LogP contribution in [-0.4, -0.2) is 35.3 Å². The van der Waals surface area contributed by atoms with Crippen molar-refractivity contribution in [2.45, 2.75) is 37.1 Å². The van der Waals surface area contributed by atoms with Crippen LogP contribution in [0.3, 0.4) is 0 Å². The normalized spacial score (nSPS) is 29.3. The second-order valence-corrected chi connectivity index (χ2v) is 7.23. The maximum absolute atomic E-state index is 11.5. The summed E-state index contributed by atoms with van der Waals surface area (Å²) in [4.78, 5) is 2.52. The maximum atomic E-state index is 11.5. The summed E-state index contributed by atoms with van der Waals surface area (Å²) in [6.07, 6.45) is 3.23. The van der Waals surface area contributed by atoms with Gasteiger partial charge in [-0.15, -0.1) is 0 Å². The molecular weight excluding hydrogens is 310 g/mol. The van der Waals surface area contributed by atoms with Crippen molar-refractivity contribution < 1.29 is 9.84 Å². The average molecular weight is 335 g/mol. The molecule has 2 unspecified atom stereocenters. The molecule has 0 radical (unpaired) electrons. The van der Waals surface area contributed by atoms with Crippen LogP contribution in [0, 0.1) is 0 Å². The number of ether oxygens (including phenoxy) is 1. The Morgan fingerprint density at radius 3 is 2.36 bits per heavy atom. The minimum Gasteiger partial charge on any atom is -0.385 e. The van der Waals surface area contributed by atoms with E-state index < -0.39 is 5.60 Å². The predicted molar refractivity (Wildman–Crippen MR) is 100 cm³/mol. The molecule has 2 aliphatic heterocycles. The molecule has 130 valence electrons. The van der Waals surface area contributed by atoms with Gasteiger partial charge < -0.3 is 9.84 Å². The van der Waals surface area contributed by atoms with Crippen molar-refractivity contribution in [3.05, 3.63) is 77.9 Å². The summed E-state index contributed by atoms with van der Waals surface area (Å²) in [6.45, 7) is 6.19. The van der Waals surface area contributed by atoms with Crippen LogP contribution in [0.15, 0.2) is 61.2 Å². The van der Waals surface area contributed by atoms with Crippen molar-refractivity contribution in [1.29, 1.82) is 0 Å². The van der Waals surface area contributed by atoms with Crippen LogP contribution in [0.5, 0.6) is 0 Å². The third-order valence-electron chi connectivity index (χ3n) is 5.60. The van der Waals surface area contributed by atoms with Gasteiger partial charge in [0.1, 0.15) is 0 Å². The SMILES string of the molecule is C=Cc1ccccc1C1(O)CC2COCC(C1)N2Cc1ccccc1. The third-order valence-corrected chi connectivity index (χ3v) is 5.60. The fourth-order valence-electron chi connectivity index (χ4n) is 4.42. The van der Waals surface area contributed by atoms with Crippen LogP contribution >= 0.6 is 0 Å². The largest absolute Gasteiger partial charge is 0.385 e. The molecule has 0 amide bonds. The highest BCUT2D eigenvalue weighted by Crippen LogP contribution is 2.42. The number of piperidine rings is 1. The second kappa shape index (κ2) is 6.75. The van der Waals surface area contributed by atoms with Gasteiger partial charge in [-0.1, -0.05) is 67.3 Å². The first-order chi connectivity index (χ1) is 12.2. The summed E-state index contributed by atoms with van der Waals surface area (Å²) in [5.41, 5.74) is 2.54. The van der Waals surface area contributed by atoms with Gasteiger partial charge >= 0.3 is 0 Å². The Morgan fingerprint density at radius 2 is 1.68 bits per heavy atom. The van der Waals surface area contributed by atoms with Crippen molar-refractivity contribution in [1.82, 2.24) is 4.90 Å². The van der Waals surface area contributed by atoms with Crippen molar-refractivity contribution in [2.24, 2.45) is 0 Å². The highest BCUT2D eigenvalue weighted by Gasteiger charge is 2.47. The van der Waals surface area contributed by atoms with Gasteiger partial charge in [0.05, 0.1) is 18.8 Å². The van der Waals surface area contributed by atoms with E-state index in [1.165, 1.54) is 5.56 Å². The lowest BCUT2D eigenvalue weighted by molar-refractivity contribution is -0.149. The van der Waals surface area contributed by atoms with Crippen LogP contribution in [0.25, 0.3) is 6.08 Å². The molecule has 2 bridgehead atoms. The van der Waals surface area contributed by atoms with Crippen molar-refractivity contribution in [3.8, 4) is 0 Å². The number of fused-ring (bicyclic) bond motifs is 2. The van der Waals surface area contributed by atoms with E-state index in [0.717, 1.165) is 17.7 Å². The molecule has 0 aromatic heterocycles. The summed E-state index contributed by atoms with van der Waals surface area (Å²) in [5, 5.41) is 11.5. The number of benzene rings is 2. The summed E-state index contributed by atoms with van der Waals surface area (Å²) in [7, 11) is 0. The molecular formula is C22H25NO2. The molecule has 2 atom stereocenters. The summed E-state index contributed by atoms with van der Waals surface area (Å²) < 4.78 is 5.82. The molecule has 0 saturated carbocycles. The number of rotatable bonds is 4. The molecule has 2 fully saturated rings. The Hall–Kier alpha value is -1.94. The fraction of sp³-hybridized carbons (Fsp3) is 0.364. The molecule has 0 aliphatic carbocycles. The lowest BCUT2D eigenvalue weighted by atomic mass is 9.75. The van der Waals surface area contributed by atoms with Crippen LogP contribution in [0.2, 0.25) is 0 Å². The van der Waals surface area contributed by atoms with E-state index in [1.54, 1.807) is 0 Å². The van der Waals surface area contributed by atoms with Crippen LogP contribution in [0.4, 0.5) is 0 Å². The van der Waals surface area contributed by atoms with E-state index in [9.17, 15) is 5.11 Å². The zero-order valence-corrected chi connectivity index (χ0v) is 14.5. The zero-order valence-electron chi connectivity index (χ0n) is 14.5. The minimum absolute atomic E-state index is 0.232. The van der Waals surface area contributed by atoms with Crippen LogP contribution in [0.1, 0.15) is 29.5 Å². The number of hydrogen-bond donors (Lipinski definition) is 1. The molecule has 2 aliphatic rings. The van der Waals surface area contributed by atoms with E-state index in [0.29, 0.717) is 26.1 Å². The van der Waals surface area contributed by atoms with E-state index in [-0.39, 0.29) is 12.1 Å². The number of morpholine rings is 1. The first kappa shape index (κ1) is 16.5. The second-order valence-electron chi connectivity index (χ2n) is 7.23. The zero-order chi connectivity index (χ0) is 17.3. The summed E-state index contributed by atoms with van der Waals surface area (Å²) in [6, 6.07) is 19.1. The Bertz CT molecular complexity index is 729. The molecule has 2 aromatic carbocycles. The molecule has 3 heteroatoms. The Morgan fingerprint density at radius 1 is 1.04 bits per heavy atom. The average Bonchev–Trinajstić information content (AvgIpc) is 2.63. The Kier molecular flexibility index (Phi) is 4.46. The number of aliphatic hydroxyl groups is 1. The van der Waals surface area contributed by atoms with Gasteiger partial charge in [-0.2, -0.15) is 0 Å². The molecule has 2 saturated heterocycles. The third kappa shape index (κ3) is 3.15. The van der Waals surface area contributed by atoms with Gasteiger partial charge in [-0.25, -0.2) is 0 Å². The molecule has 0 spiro atoms. The summed E-state index contributed by atoms with van der Waals surface area (Å²) >= 11 is 0. The molecule has 2 heterocycles. The quantitative estimate of drug-likeness (QED) is 0.927. The number of nitrogens with zero attached hydrogens (tertiary/aromatic N) is 1. The topological polar surface area (TPSA) is 32.7 Å². The van der Waals surface area contributed by atoms with E-state index in [4.69, 9.17) is 4.74 Å². The van der Waals surface area contributed by atoms with E-state index in [1.807, 2.05) is 30.3 Å².